The molecule has 0 aliphatic heterocycles. The van der Waals surface area contributed by atoms with Gasteiger partial charge in [-0.15, -0.1) is 0 Å². The molecular weight excluding hydrogens is 116 g/mol. The molecule has 0 fully saturated rings. The SMILES string of the molecule is CCC(=CC(C)=O)OC. The molecule has 0 unspecified atom stereocenters. The van der Waals surface area contributed by atoms with Crippen molar-refractivity contribution >= 4 is 5.78 Å². The van der Waals surface area contributed by atoms with E-state index in [2.05, 4.69) is 0 Å². The summed E-state index contributed by atoms with van der Waals surface area (Å²) in [5, 5.41) is 0. The molecule has 52 valence electrons. The number of hydrogen-bond donors (Lipinski definition) is 0. The van der Waals surface area contributed by atoms with E-state index < -0.39 is 0 Å². The van der Waals surface area contributed by atoms with Crippen LogP contribution in [-0.2, 0) is 9.53 Å². The van der Waals surface area contributed by atoms with Gasteiger partial charge in [0.1, 0.15) is 0 Å². The van der Waals surface area contributed by atoms with E-state index in [-0.39, 0.29) is 5.78 Å². The second-order valence-electron chi connectivity index (χ2n) is 1.78. The molecule has 0 aromatic rings. The van der Waals surface area contributed by atoms with E-state index in [1.807, 2.05) is 6.92 Å². The van der Waals surface area contributed by atoms with Crippen LogP contribution in [0.4, 0.5) is 0 Å². The van der Waals surface area contributed by atoms with E-state index in [4.69, 9.17) is 4.74 Å². The smallest absolute Gasteiger partial charge is 0.155 e. The minimum atomic E-state index is 0.0358. The molecule has 0 saturated carbocycles. The Morgan fingerprint density at radius 3 is 2.33 bits per heavy atom. The average molecular weight is 128 g/mol. The molecule has 0 atom stereocenters. The van der Waals surface area contributed by atoms with Crippen molar-refractivity contribution < 1.29 is 9.53 Å². The highest BCUT2D eigenvalue weighted by molar-refractivity contribution is 5.87. The molecule has 0 aromatic heterocycles. The standard InChI is InChI=1S/C7H12O2/c1-4-7(9-3)5-6(2)8/h5H,4H2,1-3H3. The lowest BCUT2D eigenvalue weighted by Crippen LogP contribution is -1.89. The Morgan fingerprint density at radius 2 is 2.22 bits per heavy atom. The van der Waals surface area contributed by atoms with E-state index in [1.165, 1.54) is 13.0 Å². The van der Waals surface area contributed by atoms with Crippen molar-refractivity contribution in [2.75, 3.05) is 7.11 Å². The van der Waals surface area contributed by atoms with Gasteiger partial charge in [0.2, 0.25) is 0 Å². The molecule has 0 bridgehead atoms. The van der Waals surface area contributed by atoms with Gasteiger partial charge in [-0.2, -0.15) is 0 Å². The fraction of sp³-hybridized carbons (Fsp3) is 0.571. The zero-order valence-corrected chi connectivity index (χ0v) is 6.10. The Balaban J connectivity index is 3.91. The Bertz CT molecular complexity index is 119. The van der Waals surface area contributed by atoms with Gasteiger partial charge in [0.15, 0.2) is 5.78 Å². The first-order valence-corrected chi connectivity index (χ1v) is 2.95. The predicted molar refractivity (Wildman–Crippen MR) is 36.1 cm³/mol. The molecule has 2 heteroatoms. The van der Waals surface area contributed by atoms with Crippen molar-refractivity contribution in [3.63, 3.8) is 0 Å². The molecular formula is C7H12O2. The quantitative estimate of drug-likeness (QED) is 0.425. The van der Waals surface area contributed by atoms with Crippen LogP contribution in [0.2, 0.25) is 0 Å². The lowest BCUT2D eigenvalue weighted by Gasteiger charge is -1.98. The van der Waals surface area contributed by atoms with Gasteiger partial charge >= 0.3 is 0 Å². The largest absolute Gasteiger partial charge is 0.501 e. The molecule has 0 rings (SSSR count). The number of carbonyl (C=O) groups excluding carboxylic acids is 1. The second-order valence-corrected chi connectivity index (χ2v) is 1.78. The number of allylic oxidation sites excluding steroid dienone is 2. The third-order valence-electron chi connectivity index (χ3n) is 0.975. The topological polar surface area (TPSA) is 26.3 Å². The molecule has 0 amide bonds. The van der Waals surface area contributed by atoms with Crippen LogP contribution in [0.15, 0.2) is 11.8 Å². The van der Waals surface area contributed by atoms with Crippen LogP contribution in [0.5, 0.6) is 0 Å². The van der Waals surface area contributed by atoms with Crippen LogP contribution in [0.3, 0.4) is 0 Å². The molecule has 2 nitrogen and oxygen atoms in total. The van der Waals surface area contributed by atoms with Crippen molar-refractivity contribution in [1.29, 1.82) is 0 Å². The summed E-state index contributed by atoms with van der Waals surface area (Å²) >= 11 is 0. The molecule has 0 aliphatic carbocycles. The number of hydrogen-bond acceptors (Lipinski definition) is 2. The number of carbonyl (C=O) groups is 1. The first-order chi connectivity index (χ1) is 4.20. The van der Waals surface area contributed by atoms with E-state index in [1.54, 1.807) is 7.11 Å². The molecule has 0 radical (unpaired) electrons. The van der Waals surface area contributed by atoms with Gasteiger partial charge < -0.3 is 4.74 Å². The van der Waals surface area contributed by atoms with Gasteiger partial charge in [-0.1, -0.05) is 6.92 Å². The van der Waals surface area contributed by atoms with Crippen molar-refractivity contribution in [2.45, 2.75) is 20.3 Å². The summed E-state index contributed by atoms with van der Waals surface area (Å²) in [6.07, 6.45) is 2.27. The Morgan fingerprint density at radius 1 is 1.67 bits per heavy atom. The average Bonchev–Trinajstić information content (AvgIpc) is 1.82. The van der Waals surface area contributed by atoms with Gasteiger partial charge in [0, 0.05) is 12.5 Å². The first kappa shape index (κ1) is 8.21. The van der Waals surface area contributed by atoms with Gasteiger partial charge in [-0.05, 0) is 6.92 Å². The molecule has 9 heavy (non-hydrogen) atoms. The summed E-state index contributed by atoms with van der Waals surface area (Å²) < 4.78 is 4.85. The molecule has 0 aromatic carbocycles. The normalized spacial score (nSPS) is 11.2. The second kappa shape index (κ2) is 4.13. The number of methoxy groups -OCH3 is 1. The maximum absolute atomic E-state index is 10.4. The summed E-state index contributed by atoms with van der Waals surface area (Å²) in [4.78, 5) is 10.4. The minimum absolute atomic E-state index is 0.0358. The predicted octanol–water partition coefficient (Wildman–Crippen LogP) is 1.52. The molecule has 0 saturated heterocycles. The van der Waals surface area contributed by atoms with Gasteiger partial charge in [0.05, 0.1) is 12.9 Å². The number of ether oxygens (including phenoxy) is 1. The zero-order valence-electron chi connectivity index (χ0n) is 6.10. The molecule has 0 N–H and O–H groups in total. The Kier molecular flexibility index (Phi) is 3.76. The molecule has 0 aliphatic rings. The summed E-state index contributed by atoms with van der Waals surface area (Å²) in [7, 11) is 1.57. The van der Waals surface area contributed by atoms with E-state index in [0.29, 0.717) is 0 Å². The Labute approximate surface area is 55.5 Å². The van der Waals surface area contributed by atoms with Crippen molar-refractivity contribution in [3.05, 3.63) is 11.8 Å². The van der Waals surface area contributed by atoms with Crippen LogP contribution >= 0.6 is 0 Å². The lowest BCUT2D eigenvalue weighted by atomic mass is 10.3. The number of rotatable bonds is 3. The maximum Gasteiger partial charge on any atom is 0.155 e. The fourth-order valence-corrected chi connectivity index (χ4v) is 0.532. The highest BCUT2D eigenvalue weighted by Gasteiger charge is 1.91. The summed E-state index contributed by atoms with van der Waals surface area (Å²) in [6.45, 7) is 3.45. The van der Waals surface area contributed by atoms with E-state index in [9.17, 15) is 4.79 Å². The van der Waals surface area contributed by atoms with Gasteiger partial charge in [-0.25, -0.2) is 0 Å². The fourth-order valence-electron chi connectivity index (χ4n) is 0.532. The molecule has 0 heterocycles. The minimum Gasteiger partial charge on any atom is -0.501 e. The van der Waals surface area contributed by atoms with E-state index >= 15 is 0 Å². The third-order valence-corrected chi connectivity index (χ3v) is 0.975. The van der Waals surface area contributed by atoms with E-state index in [0.717, 1.165) is 12.2 Å². The van der Waals surface area contributed by atoms with Crippen molar-refractivity contribution in [1.82, 2.24) is 0 Å². The summed E-state index contributed by atoms with van der Waals surface area (Å²) in [5.74, 6) is 0.774. The van der Waals surface area contributed by atoms with Crippen LogP contribution in [-0.4, -0.2) is 12.9 Å². The van der Waals surface area contributed by atoms with Crippen LogP contribution < -0.4 is 0 Å². The third kappa shape index (κ3) is 3.76. The summed E-state index contributed by atoms with van der Waals surface area (Å²) in [5.41, 5.74) is 0. The highest BCUT2D eigenvalue weighted by Crippen LogP contribution is 1.99. The van der Waals surface area contributed by atoms with Crippen molar-refractivity contribution in [3.8, 4) is 0 Å². The van der Waals surface area contributed by atoms with Crippen LogP contribution in [0, 0.1) is 0 Å². The van der Waals surface area contributed by atoms with Crippen LogP contribution in [0.25, 0.3) is 0 Å². The number of ketones is 1. The zero-order chi connectivity index (χ0) is 7.28. The Hall–Kier alpha value is -0.790. The maximum atomic E-state index is 10.4. The van der Waals surface area contributed by atoms with Gasteiger partial charge in [-0.3, -0.25) is 4.79 Å². The lowest BCUT2D eigenvalue weighted by molar-refractivity contribution is -0.112. The van der Waals surface area contributed by atoms with Gasteiger partial charge in [0.25, 0.3) is 0 Å². The van der Waals surface area contributed by atoms with Crippen LogP contribution in [0.1, 0.15) is 20.3 Å². The first-order valence-electron chi connectivity index (χ1n) is 2.95. The monoisotopic (exact) mass is 128 g/mol. The summed E-state index contributed by atoms with van der Waals surface area (Å²) in [6, 6.07) is 0. The molecule has 0 spiro atoms. The van der Waals surface area contributed by atoms with Crippen molar-refractivity contribution in [2.24, 2.45) is 0 Å². The highest BCUT2D eigenvalue weighted by atomic mass is 16.5.